The van der Waals surface area contributed by atoms with Crippen molar-refractivity contribution in [3.63, 3.8) is 0 Å². The van der Waals surface area contributed by atoms with E-state index in [0.717, 1.165) is 33.8 Å². The summed E-state index contributed by atoms with van der Waals surface area (Å²) in [6.45, 7) is 3.68. The van der Waals surface area contributed by atoms with Gasteiger partial charge in [-0.3, -0.25) is 5.84 Å². The summed E-state index contributed by atoms with van der Waals surface area (Å²) in [4.78, 5) is 5.06. The molecule has 0 aliphatic heterocycles. The molecule has 3 N–H and O–H groups in total. The maximum absolute atomic E-state index is 13.8. The van der Waals surface area contributed by atoms with Crippen molar-refractivity contribution in [1.29, 1.82) is 0 Å². The van der Waals surface area contributed by atoms with Gasteiger partial charge in [-0.2, -0.15) is 0 Å². The molecule has 0 aliphatic rings. The lowest BCUT2D eigenvalue weighted by atomic mass is 10.0. The van der Waals surface area contributed by atoms with Crippen molar-refractivity contribution in [3.05, 3.63) is 51.0 Å². The number of rotatable bonds is 3. The lowest BCUT2D eigenvalue weighted by Crippen LogP contribution is -2.29. The third kappa shape index (κ3) is 2.40. The molecule has 1 atom stereocenters. The van der Waals surface area contributed by atoms with Crippen LogP contribution in [0.15, 0.2) is 18.2 Å². The Morgan fingerprint density at radius 1 is 1.33 bits per heavy atom. The molecule has 0 saturated heterocycles. The highest BCUT2D eigenvalue weighted by Gasteiger charge is 2.21. The fraction of sp³-hybridized carbons (Fsp3) is 0.250. The third-order valence-electron chi connectivity index (χ3n) is 2.64. The molecule has 0 radical (unpaired) electrons. The van der Waals surface area contributed by atoms with Crippen LogP contribution in [-0.2, 0) is 0 Å². The maximum atomic E-state index is 13.8. The second-order valence-corrected chi connectivity index (χ2v) is 5.18. The molecule has 1 aromatic heterocycles. The number of benzene rings is 1. The van der Waals surface area contributed by atoms with Gasteiger partial charge in [0.2, 0.25) is 0 Å². The van der Waals surface area contributed by atoms with Crippen LogP contribution in [0.25, 0.3) is 0 Å². The van der Waals surface area contributed by atoms with Crippen molar-refractivity contribution in [1.82, 2.24) is 10.4 Å². The largest absolute Gasteiger partial charge is 0.271 e. The van der Waals surface area contributed by atoms with Crippen molar-refractivity contribution in [3.8, 4) is 0 Å². The van der Waals surface area contributed by atoms with E-state index >= 15 is 0 Å². The second-order valence-electron chi connectivity index (χ2n) is 3.95. The molecule has 96 valence electrons. The van der Waals surface area contributed by atoms with Crippen molar-refractivity contribution in [2.75, 3.05) is 0 Å². The average molecular weight is 269 g/mol. The fourth-order valence-electron chi connectivity index (χ4n) is 1.86. The van der Waals surface area contributed by atoms with Crippen LogP contribution in [0.2, 0.25) is 0 Å². The van der Waals surface area contributed by atoms with Crippen molar-refractivity contribution in [2.45, 2.75) is 19.9 Å². The molecule has 0 bridgehead atoms. The zero-order valence-corrected chi connectivity index (χ0v) is 10.8. The van der Waals surface area contributed by atoms with Crippen LogP contribution in [0.5, 0.6) is 0 Å². The number of hydrogen-bond donors (Lipinski definition) is 2. The summed E-state index contributed by atoms with van der Waals surface area (Å²) >= 11 is 1.41. The quantitative estimate of drug-likeness (QED) is 0.665. The summed E-state index contributed by atoms with van der Waals surface area (Å²) in [5, 5.41) is 0.861. The van der Waals surface area contributed by atoms with Gasteiger partial charge in [0.25, 0.3) is 0 Å². The number of aryl methyl sites for hydroxylation is 2. The summed E-state index contributed by atoms with van der Waals surface area (Å²) in [6, 6.07) is 2.73. The van der Waals surface area contributed by atoms with Gasteiger partial charge in [0.05, 0.1) is 21.6 Å². The van der Waals surface area contributed by atoms with Crippen LogP contribution in [0, 0.1) is 25.5 Å². The molecular weight excluding hydrogens is 256 g/mol. The van der Waals surface area contributed by atoms with E-state index in [9.17, 15) is 8.78 Å². The SMILES string of the molecule is Cc1nc(C)c(C(NN)c2cc(F)ccc2F)s1. The average Bonchev–Trinajstić information content (AvgIpc) is 2.64. The van der Waals surface area contributed by atoms with Gasteiger partial charge in [-0.1, -0.05) is 0 Å². The van der Waals surface area contributed by atoms with Gasteiger partial charge in [-0.25, -0.2) is 19.2 Å². The van der Waals surface area contributed by atoms with E-state index < -0.39 is 17.7 Å². The van der Waals surface area contributed by atoms with E-state index in [1.807, 2.05) is 13.8 Å². The normalized spacial score (nSPS) is 12.7. The molecule has 0 saturated carbocycles. The predicted octanol–water partition coefficient (Wildman–Crippen LogP) is 2.59. The molecule has 2 rings (SSSR count). The summed E-state index contributed by atoms with van der Waals surface area (Å²) < 4.78 is 27.0. The van der Waals surface area contributed by atoms with E-state index in [0.29, 0.717) is 0 Å². The molecule has 1 unspecified atom stereocenters. The first-order valence-electron chi connectivity index (χ1n) is 5.38. The minimum absolute atomic E-state index is 0.184. The number of nitrogens with one attached hydrogen (secondary N) is 1. The maximum Gasteiger partial charge on any atom is 0.128 e. The van der Waals surface area contributed by atoms with Gasteiger partial charge in [0.15, 0.2) is 0 Å². The van der Waals surface area contributed by atoms with E-state index in [1.54, 1.807) is 0 Å². The Morgan fingerprint density at radius 3 is 2.61 bits per heavy atom. The summed E-state index contributed by atoms with van der Waals surface area (Å²) in [5.41, 5.74) is 3.47. The molecule has 1 aromatic carbocycles. The molecule has 0 spiro atoms. The molecule has 0 fully saturated rings. The van der Waals surface area contributed by atoms with Gasteiger partial charge < -0.3 is 0 Å². The highest BCUT2D eigenvalue weighted by molar-refractivity contribution is 7.11. The highest BCUT2D eigenvalue weighted by atomic mass is 32.1. The summed E-state index contributed by atoms with van der Waals surface area (Å²) in [7, 11) is 0. The predicted molar refractivity (Wildman–Crippen MR) is 67.1 cm³/mol. The summed E-state index contributed by atoms with van der Waals surface area (Å²) in [6.07, 6.45) is 0. The molecule has 3 nitrogen and oxygen atoms in total. The Hall–Kier alpha value is -1.37. The number of nitrogens with zero attached hydrogens (tertiary/aromatic N) is 1. The lowest BCUT2D eigenvalue weighted by Gasteiger charge is -2.16. The first-order valence-corrected chi connectivity index (χ1v) is 6.19. The molecule has 0 aliphatic carbocycles. The number of hydrazine groups is 1. The fourth-order valence-corrected chi connectivity index (χ4v) is 2.86. The number of aromatic nitrogens is 1. The monoisotopic (exact) mass is 269 g/mol. The molecule has 2 aromatic rings. The summed E-state index contributed by atoms with van der Waals surface area (Å²) in [5.74, 6) is 4.48. The van der Waals surface area contributed by atoms with Gasteiger partial charge in [0.1, 0.15) is 11.6 Å². The number of thiazole rings is 1. The highest BCUT2D eigenvalue weighted by Crippen LogP contribution is 2.31. The van der Waals surface area contributed by atoms with Crippen LogP contribution in [0.3, 0.4) is 0 Å². The Kier molecular flexibility index (Phi) is 3.70. The Labute approximate surface area is 108 Å². The number of halogens is 2. The second kappa shape index (κ2) is 5.09. The van der Waals surface area contributed by atoms with Gasteiger partial charge >= 0.3 is 0 Å². The zero-order chi connectivity index (χ0) is 13.3. The number of hydrogen-bond acceptors (Lipinski definition) is 4. The molecule has 18 heavy (non-hydrogen) atoms. The van der Waals surface area contributed by atoms with Gasteiger partial charge in [-0.05, 0) is 32.0 Å². The Bertz CT molecular complexity index is 568. The standard InChI is InChI=1S/C12H13F2N3S/c1-6-12(18-7(2)16-6)11(17-15)9-5-8(13)3-4-10(9)14/h3-5,11,17H,15H2,1-2H3. The third-order valence-corrected chi connectivity index (χ3v) is 3.78. The first-order chi connectivity index (χ1) is 8.52. The molecule has 1 heterocycles. The minimum atomic E-state index is -0.591. The zero-order valence-electron chi connectivity index (χ0n) is 10.00. The molecular formula is C12H13F2N3S. The van der Waals surface area contributed by atoms with Gasteiger partial charge in [-0.15, -0.1) is 11.3 Å². The minimum Gasteiger partial charge on any atom is -0.271 e. The Morgan fingerprint density at radius 2 is 2.06 bits per heavy atom. The lowest BCUT2D eigenvalue weighted by molar-refractivity contribution is 0.547. The van der Waals surface area contributed by atoms with Crippen LogP contribution in [0.1, 0.15) is 27.2 Å². The van der Waals surface area contributed by atoms with E-state index in [4.69, 9.17) is 5.84 Å². The van der Waals surface area contributed by atoms with Gasteiger partial charge in [0, 0.05) is 5.56 Å². The van der Waals surface area contributed by atoms with E-state index in [1.165, 1.54) is 11.3 Å². The smallest absolute Gasteiger partial charge is 0.128 e. The van der Waals surface area contributed by atoms with E-state index in [2.05, 4.69) is 10.4 Å². The van der Waals surface area contributed by atoms with Crippen LogP contribution < -0.4 is 11.3 Å². The number of nitrogens with two attached hydrogens (primary N) is 1. The topological polar surface area (TPSA) is 50.9 Å². The van der Waals surface area contributed by atoms with Crippen molar-refractivity contribution in [2.24, 2.45) is 5.84 Å². The van der Waals surface area contributed by atoms with Crippen molar-refractivity contribution >= 4 is 11.3 Å². The van der Waals surface area contributed by atoms with Crippen LogP contribution >= 0.6 is 11.3 Å². The van der Waals surface area contributed by atoms with E-state index in [-0.39, 0.29) is 5.56 Å². The molecule has 6 heteroatoms. The first kappa shape index (κ1) is 13.1. The Balaban J connectivity index is 2.51. The van der Waals surface area contributed by atoms with Crippen LogP contribution in [0.4, 0.5) is 8.78 Å². The van der Waals surface area contributed by atoms with Crippen molar-refractivity contribution < 1.29 is 8.78 Å². The van der Waals surface area contributed by atoms with Crippen LogP contribution in [-0.4, -0.2) is 4.98 Å². The molecule has 0 amide bonds.